The second-order valence-corrected chi connectivity index (χ2v) is 3.72. The minimum atomic E-state index is -6.19. The Labute approximate surface area is 74.8 Å². The number of hydrogen-bond donors (Lipinski definition) is 0. The topological polar surface area (TPSA) is 60.4 Å². The first-order valence-corrected chi connectivity index (χ1v) is 4.58. The summed E-state index contributed by atoms with van der Waals surface area (Å²) in [6, 6.07) is 0. The minimum absolute atomic E-state index is 0.164. The van der Waals surface area contributed by atoms with E-state index in [0.29, 0.717) is 0 Å². The maximum atomic E-state index is 12.0. The Hall–Kier alpha value is -0.930. The molecule has 0 saturated carbocycles. The SMILES string of the molecule is CS(=O)(=O)OC(=O)C(F)(F)C(F)(F)F. The molecular weight excluding hydrogens is 239 g/mol. The molecule has 0 aliphatic carbocycles. The van der Waals surface area contributed by atoms with Crippen molar-refractivity contribution in [2.75, 3.05) is 6.26 Å². The van der Waals surface area contributed by atoms with Crippen molar-refractivity contribution in [3.05, 3.63) is 0 Å². The maximum Gasteiger partial charge on any atom is 0.465 e. The quantitative estimate of drug-likeness (QED) is 0.528. The van der Waals surface area contributed by atoms with Crippen LogP contribution in [-0.2, 0) is 19.1 Å². The molecule has 10 heteroatoms. The van der Waals surface area contributed by atoms with Gasteiger partial charge in [0.05, 0.1) is 6.26 Å². The first-order valence-electron chi connectivity index (χ1n) is 2.76. The monoisotopic (exact) mass is 242 g/mol. The molecule has 0 amide bonds. The zero-order valence-corrected chi connectivity index (χ0v) is 7.25. The molecule has 4 nitrogen and oxygen atoms in total. The smallest absolute Gasteiger partial charge is 0.340 e. The van der Waals surface area contributed by atoms with Crippen LogP contribution >= 0.6 is 0 Å². The zero-order valence-electron chi connectivity index (χ0n) is 6.43. The lowest BCUT2D eigenvalue weighted by atomic mass is 10.3. The van der Waals surface area contributed by atoms with E-state index < -0.39 is 28.2 Å². The summed E-state index contributed by atoms with van der Waals surface area (Å²) in [7, 11) is -4.70. The highest BCUT2D eigenvalue weighted by molar-refractivity contribution is 7.86. The van der Waals surface area contributed by atoms with Gasteiger partial charge in [0.15, 0.2) is 0 Å². The van der Waals surface area contributed by atoms with Crippen LogP contribution in [0.15, 0.2) is 0 Å². The van der Waals surface area contributed by atoms with Crippen LogP contribution in [0.4, 0.5) is 22.0 Å². The molecule has 0 N–H and O–H groups in total. The van der Waals surface area contributed by atoms with Crippen LogP contribution < -0.4 is 0 Å². The first kappa shape index (κ1) is 13.1. The molecule has 0 unspecified atom stereocenters. The van der Waals surface area contributed by atoms with Gasteiger partial charge >= 0.3 is 28.2 Å². The number of carbonyl (C=O) groups excluding carboxylic acids is 1. The van der Waals surface area contributed by atoms with E-state index in [4.69, 9.17) is 0 Å². The molecule has 0 aromatic carbocycles. The van der Waals surface area contributed by atoms with Gasteiger partial charge in [-0.05, 0) is 0 Å². The Balaban J connectivity index is 4.88. The fraction of sp³-hybridized carbons (Fsp3) is 0.750. The summed E-state index contributed by atoms with van der Waals surface area (Å²) in [6.07, 6.45) is -6.02. The van der Waals surface area contributed by atoms with E-state index in [2.05, 4.69) is 4.18 Å². The largest absolute Gasteiger partial charge is 0.465 e. The average Bonchev–Trinajstić information content (AvgIpc) is 1.80. The summed E-state index contributed by atoms with van der Waals surface area (Å²) in [6.45, 7) is 0. The van der Waals surface area contributed by atoms with E-state index in [1.54, 1.807) is 0 Å². The molecule has 0 aromatic rings. The highest BCUT2D eigenvalue weighted by Crippen LogP contribution is 2.36. The summed E-state index contributed by atoms with van der Waals surface area (Å²) in [5.41, 5.74) is 0. The molecule has 0 fully saturated rings. The second-order valence-electron chi connectivity index (χ2n) is 2.15. The molecule has 0 aliphatic rings. The number of carbonyl (C=O) groups is 1. The third-order valence-electron chi connectivity index (χ3n) is 0.839. The van der Waals surface area contributed by atoms with E-state index in [1.807, 2.05) is 0 Å². The average molecular weight is 242 g/mol. The Morgan fingerprint density at radius 1 is 1.14 bits per heavy atom. The third kappa shape index (κ3) is 3.09. The van der Waals surface area contributed by atoms with Crippen LogP contribution in [0.2, 0.25) is 0 Å². The van der Waals surface area contributed by atoms with E-state index in [9.17, 15) is 35.2 Å². The summed E-state index contributed by atoms with van der Waals surface area (Å²) in [4.78, 5) is 10.1. The highest BCUT2D eigenvalue weighted by Gasteiger charge is 2.65. The predicted octanol–water partition coefficient (Wildman–Crippen LogP) is 0.687. The summed E-state index contributed by atoms with van der Waals surface area (Å²) < 4.78 is 81.3. The predicted molar refractivity (Wildman–Crippen MR) is 31.9 cm³/mol. The van der Waals surface area contributed by atoms with Crippen molar-refractivity contribution < 1.29 is 39.3 Å². The van der Waals surface area contributed by atoms with E-state index in [1.165, 1.54) is 0 Å². The van der Waals surface area contributed by atoms with E-state index in [0.717, 1.165) is 0 Å². The van der Waals surface area contributed by atoms with Gasteiger partial charge in [0.2, 0.25) is 0 Å². The molecule has 0 saturated heterocycles. The minimum Gasteiger partial charge on any atom is -0.340 e. The molecule has 0 aromatic heterocycles. The van der Waals surface area contributed by atoms with Gasteiger partial charge in [-0.1, -0.05) is 0 Å². The lowest BCUT2D eigenvalue weighted by Gasteiger charge is -2.16. The fourth-order valence-electron chi connectivity index (χ4n) is 0.306. The van der Waals surface area contributed by atoms with Crippen LogP contribution in [0.5, 0.6) is 0 Å². The third-order valence-corrected chi connectivity index (χ3v) is 1.29. The molecule has 0 heterocycles. The van der Waals surface area contributed by atoms with Crippen LogP contribution in [0, 0.1) is 0 Å². The van der Waals surface area contributed by atoms with Gasteiger partial charge in [-0.15, -0.1) is 0 Å². The van der Waals surface area contributed by atoms with Crippen molar-refractivity contribution in [3.63, 3.8) is 0 Å². The number of hydrogen-bond acceptors (Lipinski definition) is 4. The van der Waals surface area contributed by atoms with Crippen molar-refractivity contribution in [2.24, 2.45) is 0 Å². The van der Waals surface area contributed by atoms with Crippen molar-refractivity contribution in [3.8, 4) is 0 Å². The molecule has 0 bridgehead atoms. The van der Waals surface area contributed by atoms with Crippen LogP contribution in [0.25, 0.3) is 0 Å². The number of rotatable bonds is 2. The van der Waals surface area contributed by atoms with Crippen molar-refractivity contribution in [2.45, 2.75) is 12.1 Å². The fourth-order valence-corrected chi connectivity index (χ4v) is 0.685. The zero-order chi connectivity index (χ0) is 11.8. The molecule has 84 valence electrons. The van der Waals surface area contributed by atoms with Gasteiger partial charge in [0, 0.05) is 0 Å². The van der Waals surface area contributed by atoms with Crippen molar-refractivity contribution in [1.29, 1.82) is 0 Å². The van der Waals surface area contributed by atoms with Gasteiger partial charge in [0.1, 0.15) is 0 Å². The molecule has 0 spiro atoms. The Kier molecular flexibility index (Phi) is 3.11. The van der Waals surface area contributed by atoms with Gasteiger partial charge in [-0.2, -0.15) is 30.4 Å². The number of halogens is 5. The number of alkyl halides is 5. The maximum absolute atomic E-state index is 12.0. The van der Waals surface area contributed by atoms with Crippen molar-refractivity contribution in [1.82, 2.24) is 0 Å². The second kappa shape index (κ2) is 3.33. The van der Waals surface area contributed by atoms with Gasteiger partial charge in [-0.3, -0.25) is 0 Å². The van der Waals surface area contributed by atoms with E-state index in [-0.39, 0.29) is 6.26 Å². The van der Waals surface area contributed by atoms with Crippen LogP contribution in [0.1, 0.15) is 0 Å². The summed E-state index contributed by atoms with van der Waals surface area (Å²) >= 11 is 0. The van der Waals surface area contributed by atoms with Gasteiger partial charge in [-0.25, -0.2) is 4.79 Å². The van der Waals surface area contributed by atoms with E-state index >= 15 is 0 Å². The van der Waals surface area contributed by atoms with Gasteiger partial charge in [0.25, 0.3) is 0 Å². The summed E-state index contributed by atoms with van der Waals surface area (Å²) in [5.74, 6) is -9.01. The molecular formula is C4H3F5O4S. The Morgan fingerprint density at radius 2 is 1.50 bits per heavy atom. The van der Waals surface area contributed by atoms with Crippen molar-refractivity contribution >= 4 is 16.1 Å². The Morgan fingerprint density at radius 3 is 1.71 bits per heavy atom. The molecule has 0 aliphatic heterocycles. The van der Waals surface area contributed by atoms with Gasteiger partial charge < -0.3 is 4.18 Å². The lowest BCUT2D eigenvalue weighted by molar-refractivity contribution is -0.276. The summed E-state index contributed by atoms with van der Waals surface area (Å²) in [5, 5.41) is 0. The molecule has 14 heavy (non-hydrogen) atoms. The standard InChI is InChI=1S/C4H3F5O4S/c1-14(11,12)13-2(10)3(5,6)4(7,8)9/h1H3. The highest BCUT2D eigenvalue weighted by atomic mass is 32.2. The van der Waals surface area contributed by atoms with Crippen LogP contribution in [0.3, 0.4) is 0 Å². The lowest BCUT2D eigenvalue weighted by Crippen LogP contribution is -2.45. The molecule has 0 rings (SSSR count). The first-order chi connectivity index (χ1) is 5.88. The molecule has 0 radical (unpaired) electrons. The molecule has 0 atom stereocenters. The van der Waals surface area contributed by atoms with Crippen LogP contribution in [-0.4, -0.2) is 32.7 Å². The normalized spacial score (nSPS) is 13.9. The Bertz CT molecular complexity index is 328.